The molecule has 214 valence electrons. The lowest BCUT2D eigenvalue weighted by molar-refractivity contribution is -0.128. The standard InChI is InChI=1S/C32H34ClFN4O3/c1-5-19-10-8-11-20(6-2)30(19)38-31-22(16-23(33)29(35-31)27-24(34)12-9-13-25(27)39)28(36-32(38)41)21-14-15-37(17-18(21)4)26(40)7-3/h7-13,16,18,21,32,39,41H,3,5-6,14-15,17H2,1-2,4H3/t18-,21?,32?/m0/s1. The summed E-state index contributed by atoms with van der Waals surface area (Å²) in [6.07, 6.45) is 2.07. The Labute approximate surface area is 244 Å². The highest BCUT2D eigenvalue weighted by Crippen LogP contribution is 2.45. The molecule has 0 aliphatic carbocycles. The van der Waals surface area contributed by atoms with Gasteiger partial charge in [0.2, 0.25) is 12.3 Å². The quantitative estimate of drug-likeness (QED) is 0.338. The highest BCUT2D eigenvalue weighted by atomic mass is 35.5. The van der Waals surface area contributed by atoms with Crippen LogP contribution in [0.15, 0.2) is 60.1 Å². The molecule has 3 heterocycles. The first-order valence-electron chi connectivity index (χ1n) is 14.0. The number of hydrogen-bond acceptors (Lipinski definition) is 6. The normalized spacial score (nSPS) is 20.4. The van der Waals surface area contributed by atoms with E-state index < -0.39 is 12.2 Å². The number of aliphatic hydroxyl groups excluding tert-OH is 1. The molecule has 2 aliphatic heterocycles. The van der Waals surface area contributed by atoms with Crippen molar-refractivity contribution in [1.29, 1.82) is 0 Å². The van der Waals surface area contributed by atoms with Crippen LogP contribution in [-0.4, -0.2) is 51.2 Å². The van der Waals surface area contributed by atoms with Gasteiger partial charge < -0.3 is 15.1 Å². The highest BCUT2D eigenvalue weighted by Gasteiger charge is 2.39. The third-order valence-electron chi connectivity index (χ3n) is 8.12. The van der Waals surface area contributed by atoms with Crippen LogP contribution in [0, 0.1) is 17.7 Å². The first kappa shape index (κ1) is 28.8. The number of amides is 1. The van der Waals surface area contributed by atoms with E-state index in [0.717, 1.165) is 16.8 Å². The number of carbonyl (C=O) groups is 1. The van der Waals surface area contributed by atoms with Crippen molar-refractivity contribution in [3.05, 3.63) is 82.6 Å². The molecule has 1 aromatic heterocycles. The molecule has 5 rings (SSSR count). The van der Waals surface area contributed by atoms with Gasteiger partial charge >= 0.3 is 0 Å². The van der Waals surface area contributed by atoms with Crippen LogP contribution < -0.4 is 4.90 Å². The Morgan fingerprint density at radius 3 is 2.49 bits per heavy atom. The maximum Gasteiger partial charge on any atom is 0.245 e. The first-order chi connectivity index (χ1) is 19.7. The van der Waals surface area contributed by atoms with E-state index in [9.17, 15) is 15.0 Å². The summed E-state index contributed by atoms with van der Waals surface area (Å²) in [5.41, 5.74) is 4.05. The Morgan fingerprint density at radius 2 is 1.88 bits per heavy atom. The van der Waals surface area contributed by atoms with Crippen molar-refractivity contribution in [2.45, 2.75) is 46.4 Å². The number of phenolic OH excluding ortho intramolecular Hbond substituents is 1. The van der Waals surface area contributed by atoms with Crippen LogP contribution in [0.25, 0.3) is 11.3 Å². The van der Waals surface area contributed by atoms with E-state index in [0.29, 0.717) is 49.4 Å². The van der Waals surface area contributed by atoms with Gasteiger partial charge in [-0.1, -0.05) is 63.2 Å². The van der Waals surface area contributed by atoms with Gasteiger partial charge in [0, 0.05) is 24.6 Å². The fourth-order valence-corrected chi connectivity index (χ4v) is 6.30. The molecule has 41 heavy (non-hydrogen) atoms. The molecule has 3 atom stereocenters. The second-order valence-corrected chi connectivity index (χ2v) is 11.0. The van der Waals surface area contributed by atoms with Crippen LogP contribution in [0.2, 0.25) is 5.02 Å². The zero-order chi connectivity index (χ0) is 29.4. The molecule has 2 N–H and O–H groups in total. The van der Waals surface area contributed by atoms with Crippen molar-refractivity contribution in [3.63, 3.8) is 0 Å². The van der Waals surface area contributed by atoms with Crippen molar-refractivity contribution in [2.24, 2.45) is 16.8 Å². The molecule has 1 saturated heterocycles. The molecule has 2 aromatic carbocycles. The average molecular weight is 577 g/mol. The minimum atomic E-state index is -1.30. The van der Waals surface area contributed by atoms with Crippen molar-refractivity contribution in [3.8, 4) is 17.0 Å². The smallest absolute Gasteiger partial charge is 0.245 e. The van der Waals surface area contributed by atoms with Gasteiger partial charge in [0.05, 0.1) is 27.7 Å². The number of benzene rings is 2. The van der Waals surface area contributed by atoms with Crippen LogP contribution in [0.3, 0.4) is 0 Å². The summed E-state index contributed by atoms with van der Waals surface area (Å²) in [6.45, 7) is 10.8. The van der Waals surface area contributed by atoms with Crippen molar-refractivity contribution < 1.29 is 19.4 Å². The van der Waals surface area contributed by atoms with Gasteiger partial charge in [-0.25, -0.2) is 14.4 Å². The topological polar surface area (TPSA) is 89.3 Å². The summed E-state index contributed by atoms with van der Waals surface area (Å²) in [5.74, 6) is -0.732. The molecule has 0 saturated carbocycles. The number of aliphatic imine (C=N–C) groups is 1. The number of aryl methyl sites for hydroxylation is 2. The maximum atomic E-state index is 15.0. The number of pyridine rings is 1. The third kappa shape index (κ3) is 5.11. The number of piperidine rings is 1. The summed E-state index contributed by atoms with van der Waals surface area (Å²) < 4.78 is 15.0. The van der Waals surface area contributed by atoms with Gasteiger partial charge in [0.25, 0.3) is 0 Å². The van der Waals surface area contributed by atoms with E-state index in [1.807, 2.05) is 32.0 Å². The number of fused-ring (bicyclic) bond motifs is 1. The van der Waals surface area contributed by atoms with E-state index in [1.165, 1.54) is 24.3 Å². The summed E-state index contributed by atoms with van der Waals surface area (Å²) in [6, 6.07) is 11.8. The van der Waals surface area contributed by atoms with Gasteiger partial charge in [-0.3, -0.25) is 9.69 Å². The average Bonchev–Trinajstić information content (AvgIpc) is 2.96. The summed E-state index contributed by atoms with van der Waals surface area (Å²) in [7, 11) is 0. The Kier molecular flexibility index (Phi) is 8.16. The summed E-state index contributed by atoms with van der Waals surface area (Å²) in [4.78, 5) is 25.4. The van der Waals surface area contributed by atoms with Crippen LogP contribution >= 0.6 is 11.6 Å². The zero-order valence-corrected chi connectivity index (χ0v) is 24.2. The fraction of sp³-hybridized carbons (Fsp3) is 0.344. The fourth-order valence-electron chi connectivity index (χ4n) is 6.06. The number of likely N-dealkylation sites (tertiary alicyclic amines) is 1. The summed E-state index contributed by atoms with van der Waals surface area (Å²) >= 11 is 6.77. The number of phenols is 1. The molecule has 2 unspecified atom stereocenters. The van der Waals surface area contributed by atoms with Gasteiger partial charge in [-0.2, -0.15) is 0 Å². The number of nitrogens with zero attached hydrogens (tertiary/aromatic N) is 4. The molecule has 0 spiro atoms. The Balaban J connectivity index is 1.72. The van der Waals surface area contributed by atoms with E-state index >= 15 is 4.39 Å². The Hall–Kier alpha value is -3.75. The maximum absolute atomic E-state index is 15.0. The van der Waals surface area contributed by atoms with Crippen molar-refractivity contribution in [2.75, 3.05) is 18.0 Å². The lowest BCUT2D eigenvalue weighted by Gasteiger charge is -2.41. The van der Waals surface area contributed by atoms with Crippen LogP contribution in [-0.2, 0) is 17.6 Å². The van der Waals surface area contributed by atoms with Crippen LogP contribution in [0.4, 0.5) is 15.9 Å². The number of aromatic hydroxyl groups is 1. The van der Waals surface area contributed by atoms with Gasteiger partial charge in [-0.05, 0) is 60.6 Å². The van der Waals surface area contributed by atoms with Crippen molar-refractivity contribution in [1.82, 2.24) is 9.88 Å². The highest BCUT2D eigenvalue weighted by molar-refractivity contribution is 6.34. The van der Waals surface area contributed by atoms with Gasteiger partial charge in [0.1, 0.15) is 17.4 Å². The third-order valence-corrected chi connectivity index (χ3v) is 8.41. The van der Waals surface area contributed by atoms with E-state index in [-0.39, 0.29) is 39.8 Å². The number of para-hydroxylation sites is 1. The molecule has 0 radical (unpaired) electrons. The number of aromatic nitrogens is 1. The number of rotatable bonds is 6. The van der Waals surface area contributed by atoms with Crippen LogP contribution in [0.1, 0.15) is 43.9 Å². The largest absolute Gasteiger partial charge is 0.507 e. The summed E-state index contributed by atoms with van der Waals surface area (Å²) in [5, 5.41) is 22.4. The van der Waals surface area contributed by atoms with Crippen LogP contribution in [0.5, 0.6) is 5.75 Å². The lowest BCUT2D eigenvalue weighted by atomic mass is 9.80. The molecule has 9 heteroatoms. The van der Waals surface area contributed by atoms with E-state index in [2.05, 4.69) is 13.5 Å². The van der Waals surface area contributed by atoms with E-state index in [4.69, 9.17) is 21.6 Å². The number of halogens is 2. The minimum absolute atomic E-state index is 0.0289. The molecule has 0 bridgehead atoms. The second kappa shape index (κ2) is 11.6. The predicted octanol–water partition coefficient (Wildman–Crippen LogP) is 6.26. The SMILES string of the molecule is C=CC(=O)N1CCC(C2=NC(O)N(c3c(CC)cccc3CC)c3nc(-c4c(O)cccc4F)c(Cl)cc32)[C@@H](C)C1. The predicted molar refractivity (Wildman–Crippen MR) is 160 cm³/mol. The van der Waals surface area contributed by atoms with Gasteiger partial charge in [0.15, 0.2) is 0 Å². The molecular formula is C32H34ClFN4O3. The van der Waals surface area contributed by atoms with Gasteiger partial charge in [-0.15, -0.1) is 0 Å². The number of carbonyl (C=O) groups excluding carboxylic acids is 1. The number of hydrogen-bond donors (Lipinski definition) is 2. The zero-order valence-electron chi connectivity index (χ0n) is 23.4. The Morgan fingerprint density at radius 1 is 1.20 bits per heavy atom. The van der Waals surface area contributed by atoms with Crippen molar-refractivity contribution >= 4 is 34.7 Å². The monoisotopic (exact) mass is 576 g/mol. The Bertz CT molecular complexity index is 1500. The molecular weight excluding hydrogens is 543 g/mol. The molecule has 1 amide bonds. The minimum Gasteiger partial charge on any atom is -0.507 e. The molecule has 7 nitrogen and oxygen atoms in total. The lowest BCUT2D eigenvalue weighted by Crippen LogP contribution is -2.46. The first-order valence-corrected chi connectivity index (χ1v) is 14.3. The second-order valence-electron chi connectivity index (χ2n) is 10.5. The molecule has 1 fully saturated rings. The molecule has 2 aliphatic rings. The number of anilines is 2. The van der Waals surface area contributed by atoms with E-state index in [1.54, 1.807) is 15.9 Å². The molecule has 3 aromatic rings. The number of aliphatic hydroxyl groups is 1.